The number of benzene rings is 1. The molecule has 0 fully saturated rings. The van der Waals surface area contributed by atoms with Crippen LogP contribution in [-0.2, 0) is 73.5 Å². The summed E-state index contributed by atoms with van der Waals surface area (Å²) in [4.78, 5) is 180. The van der Waals surface area contributed by atoms with E-state index in [9.17, 15) is 92.7 Å². The van der Waals surface area contributed by atoms with E-state index in [-0.39, 0.29) is 25.2 Å². The molecular formula is C47H71N11O19. The lowest BCUT2D eigenvalue weighted by atomic mass is 10.0. The first kappa shape index (κ1) is 66.7. The van der Waals surface area contributed by atoms with Crippen LogP contribution in [0.1, 0.15) is 92.1 Å². The number of hydrogen-bond donors (Lipinski definition) is 16. The molecule has 0 aliphatic carbocycles. The number of carboxylic acid groups (broad SMARTS) is 3. The number of amides is 11. The predicted octanol–water partition coefficient (Wildman–Crippen LogP) is -5.75. The third-order valence-corrected chi connectivity index (χ3v) is 10.9. The van der Waals surface area contributed by atoms with E-state index in [4.69, 9.17) is 11.5 Å². The molecule has 0 aromatic heterocycles. The number of carbonyl (C=O) groups excluding carboxylic acids is 11. The Bertz CT molecular complexity index is 2300. The number of nitrogens with one attached hydrogen (secondary N) is 9. The van der Waals surface area contributed by atoms with Gasteiger partial charge in [0.25, 0.3) is 0 Å². The van der Waals surface area contributed by atoms with Gasteiger partial charge in [0.2, 0.25) is 65.0 Å². The van der Waals surface area contributed by atoms with Gasteiger partial charge in [-0.15, -0.1) is 0 Å². The molecule has 0 aliphatic rings. The highest BCUT2D eigenvalue weighted by atomic mass is 16.4. The van der Waals surface area contributed by atoms with Gasteiger partial charge in [0.05, 0.1) is 32.0 Å². The van der Waals surface area contributed by atoms with E-state index in [2.05, 4.69) is 37.2 Å². The Labute approximate surface area is 441 Å². The van der Waals surface area contributed by atoms with Crippen molar-refractivity contribution in [2.45, 2.75) is 153 Å². The number of aliphatic carboxylic acids is 3. The molecule has 18 N–H and O–H groups in total. The van der Waals surface area contributed by atoms with Gasteiger partial charge in [-0.05, 0) is 43.6 Å². The lowest BCUT2D eigenvalue weighted by Gasteiger charge is -2.28. The average Bonchev–Trinajstić information content (AvgIpc) is 3.31. The Morgan fingerprint density at radius 2 is 0.844 bits per heavy atom. The largest absolute Gasteiger partial charge is 0.481 e. The van der Waals surface area contributed by atoms with E-state index in [1.165, 1.54) is 0 Å². The molecule has 0 saturated carbocycles. The fraction of sp³-hybridized carbons (Fsp3) is 0.574. The molecule has 0 aliphatic heterocycles. The Morgan fingerprint density at radius 1 is 0.468 bits per heavy atom. The van der Waals surface area contributed by atoms with Crippen molar-refractivity contribution in [1.82, 2.24) is 47.9 Å². The van der Waals surface area contributed by atoms with E-state index in [0.29, 0.717) is 5.56 Å². The van der Waals surface area contributed by atoms with Gasteiger partial charge in [-0.1, -0.05) is 58.0 Å². The number of rotatable bonds is 35. The zero-order valence-corrected chi connectivity index (χ0v) is 43.3. The molecule has 1 aromatic carbocycles. The SMILES string of the molecule is CC(=O)NC(C(=O)NC(CC(=O)O)C(=O)NC(CC(=O)O)C(=O)NC(CC(C)C)C(=O)NC(CO)C(=O)NC(CC(N)=O)C(=O)NC(Cc1ccccc1)C(=O)NC(CCC(N)=O)C(=O)NC(CC(C)C)C(=O)O)C(C)O. The van der Waals surface area contributed by atoms with Crippen LogP contribution in [-0.4, -0.2) is 176 Å². The normalized spacial score (nSPS) is 14.9. The predicted molar refractivity (Wildman–Crippen MR) is 265 cm³/mol. The van der Waals surface area contributed by atoms with Crippen LogP contribution >= 0.6 is 0 Å². The lowest BCUT2D eigenvalue weighted by Crippen LogP contribution is -2.62. The number of aliphatic hydroxyl groups is 2. The number of aliphatic hydroxyl groups excluding tert-OH is 2. The van der Waals surface area contributed by atoms with Crippen molar-refractivity contribution in [2.75, 3.05) is 6.61 Å². The molecule has 0 heterocycles. The second-order valence-electron chi connectivity index (χ2n) is 18.7. The minimum absolute atomic E-state index is 0.00872. The van der Waals surface area contributed by atoms with Crippen LogP contribution in [0.4, 0.5) is 0 Å². The Balaban J connectivity index is 3.50. The molecule has 77 heavy (non-hydrogen) atoms. The second-order valence-corrected chi connectivity index (χ2v) is 18.7. The molecule has 0 radical (unpaired) electrons. The topological polar surface area (TPSA) is 500 Å². The molecule has 10 atom stereocenters. The summed E-state index contributed by atoms with van der Waals surface area (Å²) in [6.45, 7) is 7.47. The van der Waals surface area contributed by atoms with E-state index < -0.39 is 188 Å². The molecule has 11 amide bonds. The summed E-state index contributed by atoms with van der Waals surface area (Å²) in [5, 5.41) is 68.9. The van der Waals surface area contributed by atoms with E-state index in [1.807, 2.05) is 10.6 Å². The van der Waals surface area contributed by atoms with Gasteiger partial charge in [0.1, 0.15) is 54.4 Å². The van der Waals surface area contributed by atoms with Gasteiger partial charge in [-0.2, -0.15) is 0 Å². The Morgan fingerprint density at radius 3 is 1.27 bits per heavy atom. The highest BCUT2D eigenvalue weighted by Crippen LogP contribution is 2.11. The van der Waals surface area contributed by atoms with Gasteiger partial charge < -0.3 is 84.9 Å². The maximum Gasteiger partial charge on any atom is 0.326 e. The quantitative estimate of drug-likeness (QED) is 0.0301. The molecule has 30 heteroatoms. The summed E-state index contributed by atoms with van der Waals surface area (Å²) in [6, 6.07) is -8.04. The molecular weight excluding hydrogens is 1020 g/mol. The molecule has 0 bridgehead atoms. The average molecular weight is 1090 g/mol. The maximum atomic E-state index is 14.0. The third kappa shape index (κ3) is 25.7. The maximum absolute atomic E-state index is 14.0. The van der Waals surface area contributed by atoms with E-state index in [1.54, 1.807) is 58.0 Å². The Hall–Kier alpha value is -8.28. The smallest absolute Gasteiger partial charge is 0.326 e. The number of nitrogens with two attached hydrogens (primary N) is 2. The van der Waals surface area contributed by atoms with Crippen LogP contribution in [0.15, 0.2) is 30.3 Å². The highest BCUT2D eigenvalue weighted by Gasteiger charge is 2.37. The third-order valence-electron chi connectivity index (χ3n) is 10.9. The van der Waals surface area contributed by atoms with Crippen LogP contribution in [0.5, 0.6) is 0 Å². The fourth-order valence-electron chi connectivity index (χ4n) is 7.17. The minimum Gasteiger partial charge on any atom is -0.481 e. The summed E-state index contributed by atoms with van der Waals surface area (Å²) < 4.78 is 0. The first-order valence-corrected chi connectivity index (χ1v) is 24.1. The molecule has 30 nitrogen and oxygen atoms in total. The van der Waals surface area contributed by atoms with Crippen LogP contribution in [0.3, 0.4) is 0 Å². The lowest BCUT2D eigenvalue weighted by molar-refractivity contribution is -0.144. The first-order valence-electron chi connectivity index (χ1n) is 24.1. The van der Waals surface area contributed by atoms with Gasteiger partial charge >= 0.3 is 17.9 Å². The molecule has 0 saturated heterocycles. The van der Waals surface area contributed by atoms with Crippen molar-refractivity contribution < 1.29 is 92.7 Å². The van der Waals surface area contributed by atoms with Crippen molar-refractivity contribution in [1.29, 1.82) is 0 Å². The summed E-state index contributed by atoms with van der Waals surface area (Å²) in [7, 11) is 0. The minimum atomic E-state index is -2.08. The number of carboxylic acids is 3. The molecule has 1 aromatic rings. The standard InChI is InChI=1S/C47H71N11O19/c1-21(2)14-27(52-43(72)30(18-36(64)65)55-44(73)31(19-37(66)67)56-46(75)38(23(5)60)50-24(6)61)40(69)58-33(20-59)45(74)54-29(17-35(49)63)42(71)53-28(16-25-10-8-7-9-11-25)41(70)51-26(12-13-34(48)62)39(68)57-32(47(76)77)15-22(3)4/h7-11,21-23,26-33,38,59-60H,12-20H2,1-6H3,(H2,48,62)(H2,49,63)(H,50,61)(H,51,70)(H,52,72)(H,53,71)(H,54,74)(H,55,73)(H,56,75)(H,57,68)(H,58,69)(H,64,65)(H,66,67)(H,76,77). The molecule has 10 unspecified atom stereocenters. The summed E-state index contributed by atoms with van der Waals surface area (Å²) in [6.07, 6.45) is -6.25. The summed E-state index contributed by atoms with van der Waals surface area (Å²) in [5.41, 5.74) is 11.1. The zero-order chi connectivity index (χ0) is 58.9. The van der Waals surface area contributed by atoms with E-state index >= 15 is 0 Å². The monoisotopic (exact) mass is 1090 g/mol. The van der Waals surface area contributed by atoms with Crippen LogP contribution < -0.4 is 59.3 Å². The Kier molecular flexibility index (Phi) is 28.5. The first-order chi connectivity index (χ1) is 35.8. The van der Waals surface area contributed by atoms with Gasteiger partial charge in [-0.3, -0.25) is 62.3 Å². The van der Waals surface area contributed by atoms with Gasteiger partial charge in [0, 0.05) is 19.8 Å². The summed E-state index contributed by atoms with van der Waals surface area (Å²) >= 11 is 0. The van der Waals surface area contributed by atoms with Crippen molar-refractivity contribution in [2.24, 2.45) is 23.3 Å². The van der Waals surface area contributed by atoms with Gasteiger partial charge in [0.15, 0.2) is 0 Å². The second kappa shape index (κ2) is 32.9. The highest BCUT2D eigenvalue weighted by molar-refractivity contribution is 6.00. The number of hydrogen-bond acceptors (Lipinski definition) is 16. The summed E-state index contributed by atoms with van der Waals surface area (Å²) in [5.74, 6) is -18.1. The van der Waals surface area contributed by atoms with Crippen molar-refractivity contribution in [3.8, 4) is 0 Å². The fourth-order valence-corrected chi connectivity index (χ4v) is 7.17. The van der Waals surface area contributed by atoms with Crippen molar-refractivity contribution in [3.63, 3.8) is 0 Å². The number of primary amides is 2. The van der Waals surface area contributed by atoms with Crippen LogP contribution in [0.2, 0.25) is 0 Å². The van der Waals surface area contributed by atoms with Crippen molar-refractivity contribution >= 4 is 82.9 Å². The zero-order valence-electron chi connectivity index (χ0n) is 43.3. The molecule has 428 valence electrons. The van der Waals surface area contributed by atoms with Crippen molar-refractivity contribution in [3.05, 3.63) is 35.9 Å². The van der Waals surface area contributed by atoms with E-state index in [0.717, 1.165) is 13.8 Å². The molecule has 1 rings (SSSR count). The van der Waals surface area contributed by atoms with Crippen LogP contribution in [0.25, 0.3) is 0 Å². The van der Waals surface area contributed by atoms with Crippen LogP contribution in [0, 0.1) is 11.8 Å². The molecule has 0 spiro atoms. The number of carbonyl (C=O) groups is 14. The van der Waals surface area contributed by atoms with Gasteiger partial charge in [-0.25, -0.2) is 4.79 Å².